The Morgan fingerprint density at radius 3 is 2.95 bits per heavy atom. The van der Waals surface area contributed by atoms with Crippen molar-refractivity contribution in [3.63, 3.8) is 0 Å². The first-order chi connectivity index (χ1) is 10.0. The summed E-state index contributed by atoms with van der Waals surface area (Å²) in [6.45, 7) is 5.03. The first-order valence-corrected chi connectivity index (χ1v) is 8.48. The fourth-order valence-corrected chi connectivity index (χ4v) is 3.35. The van der Waals surface area contributed by atoms with Crippen molar-refractivity contribution in [2.45, 2.75) is 45.6 Å². The number of pyridine rings is 1. The molecule has 0 radical (unpaired) electrons. The second-order valence-electron chi connectivity index (χ2n) is 5.92. The molecule has 116 valence electrons. The van der Waals surface area contributed by atoms with Crippen molar-refractivity contribution in [1.29, 1.82) is 0 Å². The number of amides is 1. The van der Waals surface area contributed by atoms with E-state index in [0.717, 1.165) is 23.9 Å². The molecule has 1 amide bonds. The highest BCUT2D eigenvalue weighted by Gasteiger charge is 2.27. The van der Waals surface area contributed by atoms with Gasteiger partial charge in [0.2, 0.25) is 0 Å². The molecule has 1 aliphatic rings. The number of hydrogen-bond acceptors (Lipinski definition) is 3. The molecule has 4 nitrogen and oxygen atoms in total. The maximum absolute atomic E-state index is 12.8. The molecule has 0 saturated heterocycles. The fraction of sp³-hybridized carbons (Fsp3) is 0.625. The van der Waals surface area contributed by atoms with Gasteiger partial charge in [0.1, 0.15) is 5.82 Å². The van der Waals surface area contributed by atoms with E-state index >= 15 is 0 Å². The topological polar surface area (TPSA) is 45.2 Å². The van der Waals surface area contributed by atoms with Gasteiger partial charge in [0.05, 0.1) is 5.56 Å². The number of nitrogens with zero attached hydrogens (tertiary/aromatic N) is 2. The average molecular weight is 354 g/mol. The summed E-state index contributed by atoms with van der Waals surface area (Å²) in [6.07, 6.45) is 6.40. The van der Waals surface area contributed by atoms with Gasteiger partial charge in [-0.15, -0.1) is 0 Å². The predicted molar refractivity (Wildman–Crippen MR) is 89.6 cm³/mol. The molecule has 1 aliphatic carbocycles. The molecule has 1 fully saturated rings. The van der Waals surface area contributed by atoms with Crippen LogP contribution in [0.2, 0.25) is 0 Å². The number of rotatable bonds is 4. The average Bonchev–Trinajstić information content (AvgIpc) is 2.48. The largest absolute Gasteiger partial charge is 0.370 e. The summed E-state index contributed by atoms with van der Waals surface area (Å²) >= 11 is 3.41. The van der Waals surface area contributed by atoms with Crippen LogP contribution in [0.15, 0.2) is 16.7 Å². The minimum Gasteiger partial charge on any atom is -0.370 e. The van der Waals surface area contributed by atoms with E-state index in [2.05, 4.69) is 33.2 Å². The van der Waals surface area contributed by atoms with E-state index in [1.807, 2.05) is 24.9 Å². The first kappa shape index (κ1) is 16.3. The van der Waals surface area contributed by atoms with Gasteiger partial charge in [0, 0.05) is 30.3 Å². The van der Waals surface area contributed by atoms with E-state index in [4.69, 9.17) is 0 Å². The number of hydrogen-bond donors (Lipinski definition) is 1. The first-order valence-electron chi connectivity index (χ1n) is 7.69. The monoisotopic (exact) mass is 353 g/mol. The molecule has 21 heavy (non-hydrogen) atoms. The lowest BCUT2D eigenvalue weighted by atomic mass is 9.86. The minimum atomic E-state index is 0.0545. The maximum atomic E-state index is 12.8. The number of carbonyl (C=O) groups excluding carboxylic acids is 1. The Balaban J connectivity index is 2.20. The molecule has 1 aromatic heterocycles. The Labute approximate surface area is 135 Å². The summed E-state index contributed by atoms with van der Waals surface area (Å²) in [7, 11) is 1.92. The van der Waals surface area contributed by atoms with Gasteiger partial charge in [-0.25, -0.2) is 4.98 Å². The van der Waals surface area contributed by atoms with Crippen molar-refractivity contribution >= 4 is 27.7 Å². The highest BCUT2D eigenvalue weighted by molar-refractivity contribution is 9.10. The third kappa shape index (κ3) is 3.96. The Kier molecular flexibility index (Phi) is 5.62. The Morgan fingerprint density at radius 2 is 2.29 bits per heavy atom. The second-order valence-corrected chi connectivity index (χ2v) is 6.84. The van der Waals surface area contributed by atoms with E-state index in [1.54, 1.807) is 6.20 Å². The predicted octanol–water partition coefficient (Wildman–Crippen LogP) is 3.93. The van der Waals surface area contributed by atoms with Crippen LogP contribution in [0.4, 0.5) is 5.82 Å². The Bertz CT molecular complexity index is 506. The third-order valence-corrected chi connectivity index (χ3v) is 4.64. The molecule has 2 atom stereocenters. The van der Waals surface area contributed by atoms with Crippen LogP contribution in [0.25, 0.3) is 0 Å². The smallest absolute Gasteiger partial charge is 0.257 e. The third-order valence-electron chi connectivity index (χ3n) is 4.21. The normalized spacial score (nSPS) is 21.9. The van der Waals surface area contributed by atoms with Crippen LogP contribution in [0.3, 0.4) is 0 Å². The van der Waals surface area contributed by atoms with Crippen LogP contribution in [-0.4, -0.2) is 35.4 Å². The van der Waals surface area contributed by atoms with Gasteiger partial charge in [-0.05, 0) is 47.7 Å². The number of nitrogens with one attached hydrogen (secondary N) is 1. The van der Waals surface area contributed by atoms with Gasteiger partial charge in [-0.2, -0.15) is 0 Å². The molecule has 0 aromatic carbocycles. The van der Waals surface area contributed by atoms with Gasteiger partial charge >= 0.3 is 0 Å². The van der Waals surface area contributed by atoms with Crippen molar-refractivity contribution in [2.75, 3.05) is 18.9 Å². The summed E-state index contributed by atoms with van der Waals surface area (Å²) in [5.74, 6) is 1.42. The quantitative estimate of drug-likeness (QED) is 0.891. The molecular weight excluding hydrogens is 330 g/mol. The molecule has 2 unspecified atom stereocenters. The van der Waals surface area contributed by atoms with E-state index in [1.165, 1.54) is 12.8 Å². The van der Waals surface area contributed by atoms with Crippen molar-refractivity contribution in [3.05, 3.63) is 22.3 Å². The maximum Gasteiger partial charge on any atom is 0.257 e. The van der Waals surface area contributed by atoms with Gasteiger partial charge in [0.25, 0.3) is 5.91 Å². The highest BCUT2D eigenvalue weighted by Crippen LogP contribution is 2.28. The summed E-state index contributed by atoms with van der Waals surface area (Å²) in [5.41, 5.74) is 0.645. The van der Waals surface area contributed by atoms with Crippen molar-refractivity contribution in [2.24, 2.45) is 5.92 Å². The number of aromatic nitrogens is 1. The van der Waals surface area contributed by atoms with E-state index in [9.17, 15) is 4.79 Å². The van der Waals surface area contributed by atoms with Crippen LogP contribution < -0.4 is 5.32 Å². The molecule has 1 N–H and O–H groups in total. The van der Waals surface area contributed by atoms with Crippen LogP contribution in [0, 0.1) is 5.92 Å². The van der Waals surface area contributed by atoms with Crippen molar-refractivity contribution in [3.8, 4) is 0 Å². The Morgan fingerprint density at radius 1 is 1.52 bits per heavy atom. The van der Waals surface area contributed by atoms with Crippen LogP contribution in [-0.2, 0) is 0 Å². The molecule has 0 bridgehead atoms. The standard InChI is InChI=1S/C16H24BrN3O/c1-4-18-15-14(9-12(17)10-19-15)16(21)20(3)13-7-5-6-11(2)8-13/h9-11,13H,4-8H2,1-3H3,(H,18,19). The number of carbonyl (C=O) groups is 1. The number of halogens is 1. The molecule has 0 aliphatic heterocycles. The lowest BCUT2D eigenvalue weighted by Crippen LogP contribution is -2.40. The van der Waals surface area contributed by atoms with Gasteiger partial charge < -0.3 is 10.2 Å². The van der Waals surface area contributed by atoms with Crippen molar-refractivity contribution < 1.29 is 4.79 Å². The molecule has 5 heteroatoms. The summed E-state index contributed by atoms with van der Waals surface area (Å²) in [5, 5.41) is 3.17. The minimum absolute atomic E-state index is 0.0545. The highest BCUT2D eigenvalue weighted by atomic mass is 79.9. The molecule has 0 spiro atoms. The van der Waals surface area contributed by atoms with Crippen LogP contribution in [0.1, 0.15) is 49.9 Å². The second kappa shape index (κ2) is 7.25. The molecule has 1 saturated carbocycles. The van der Waals surface area contributed by atoms with Crippen LogP contribution >= 0.6 is 15.9 Å². The van der Waals surface area contributed by atoms with E-state index in [0.29, 0.717) is 23.3 Å². The van der Waals surface area contributed by atoms with Gasteiger partial charge in [-0.1, -0.05) is 19.8 Å². The lowest BCUT2D eigenvalue weighted by molar-refractivity contribution is 0.0673. The fourth-order valence-electron chi connectivity index (χ4n) is 3.02. The molecular formula is C16H24BrN3O. The van der Waals surface area contributed by atoms with E-state index < -0.39 is 0 Å². The van der Waals surface area contributed by atoms with Gasteiger partial charge in [-0.3, -0.25) is 4.79 Å². The zero-order chi connectivity index (χ0) is 15.4. The number of anilines is 1. The lowest BCUT2D eigenvalue weighted by Gasteiger charge is -2.34. The SMILES string of the molecule is CCNc1ncc(Br)cc1C(=O)N(C)C1CCCC(C)C1. The zero-order valence-corrected chi connectivity index (χ0v) is 14.6. The molecule has 2 rings (SSSR count). The van der Waals surface area contributed by atoms with E-state index in [-0.39, 0.29) is 5.91 Å². The molecule has 1 heterocycles. The summed E-state index contributed by atoms with van der Waals surface area (Å²) in [6, 6.07) is 2.20. The van der Waals surface area contributed by atoms with Crippen molar-refractivity contribution in [1.82, 2.24) is 9.88 Å². The van der Waals surface area contributed by atoms with Crippen LogP contribution in [0.5, 0.6) is 0 Å². The van der Waals surface area contributed by atoms with Gasteiger partial charge in [0.15, 0.2) is 0 Å². The summed E-state index contributed by atoms with van der Waals surface area (Å²) in [4.78, 5) is 19.1. The zero-order valence-electron chi connectivity index (χ0n) is 13.0. The molecule has 1 aromatic rings. The summed E-state index contributed by atoms with van der Waals surface area (Å²) < 4.78 is 0.831. The Hall–Kier alpha value is -1.10.